The van der Waals surface area contributed by atoms with Crippen molar-refractivity contribution in [3.8, 4) is 0 Å². The van der Waals surface area contributed by atoms with Crippen LogP contribution in [0.1, 0.15) is 36.5 Å². The van der Waals surface area contributed by atoms with E-state index in [1.54, 1.807) is 6.20 Å². The number of anilines is 1. The Morgan fingerprint density at radius 1 is 1.12 bits per heavy atom. The van der Waals surface area contributed by atoms with Gasteiger partial charge in [-0.05, 0) is 28.7 Å². The molecule has 1 heterocycles. The normalized spacial score (nSPS) is 10.8. The third-order valence-corrected chi connectivity index (χ3v) is 2.98. The molecule has 0 bridgehead atoms. The topological polar surface area (TPSA) is 38.9 Å². The summed E-state index contributed by atoms with van der Waals surface area (Å²) >= 11 is 0. The first-order valence-electron chi connectivity index (χ1n) is 5.94. The average Bonchev–Trinajstić information content (AvgIpc) is 2.33. The van der Waals surface area contributed by atoms with Crippen LogP contribution in [0, 0.1) is 0 Å². The van der Waals surface area contributed by atoms with Gasteiger partial charge in [0, 0.05) is 24.5 Å². The summed E-state index contributed by atoms with van der Waals surface area (Å²) < 4.78 is 0. The predicted molar refractivity (Wildman–Crippen MR) is 72.0 cm³/mol. The molecular formula is C15H18N2. The van der Waals surface area contributed by atoms with Crippen LogP contribution in [0.4, 0.5) is 5.69 Å². The van der Waals surface area contributed by atoms with E-state index in [0.29, 0.717) is 5.92 Å². The molecule has 0 spiro atoms. The lowest BCUT2D eigenvalue weighted by molar-refractivity contribution is 0.865. The second kappa shape index (κ2) is 5.00. The van der Waals surface area contributed by atoms with Crippen LogP contribution in [0.5, 0.6) is 0 Å². The molecule has 1 aromatic carbocycles. The number of benzene rings is 1. The SMILES string of the molecule is CC(C)c1ccc(Cc2cnccc2N)cc1. The molecule has 0 fully saturated rings. The minimum absolute atomic E-state index is 0.576. The molecule has 88 valence electrons. The number of hydrogen-bond acceptors (Lipinski definition) is 2. The van der Waals surface area contributed by atoms with Gasteiger partial charge in [0.1, 0.15) is 0 Å². The van der Waals surface area contributed by atoms with E-state index >= 15 is 0 Å². The summed E-state index contributed by atoms with van der Waals surface area (Å²) in [6.07, 6.45) is 4.41. The zero-order chi connectivity index (χ0) is 12.3. The van der Waals surface area contributed by atoms with Crippen molar-refractivity contribution in [2.45, 2.75) is 26.2 Å². The second-order valence-corrected chi connectivity index (χ2v) is 4.65. The highest BCUT2D eigenvalue weighted by Gasteiger charge is 2.02. The summed E-state index contributed by atoms with van der Waals surface area (Å²) in [6, 6.07) is 10.6. The van der Waals surface area contributed by atoms with Crippen molar-refractivity contribution in [1.29, 1.82) is 0 Å². The molecule has 17 heavy (non-hydrogen) atoms. The smallest absolute Gasteiger partial charge is 0.0380 e. The van der Waals surface area contributed by atoms with E-state index < -0.39 is 0 Å². The van der Waals surface area contributed by atoms with E-state index in [1.165, 1.54) is 11.1 Å². The lowest BCUT2D eigenvalue weighted by Gasteiger charge is -2.08. The fourth-order valence-electron chi connectivity index (χ4n) is 1.83. The Balaban J connectivity index is 2.17. The van der Waals surface area contributed by atoms with Crippen LogP contribution in [0.15, 0.2) is 42.7 Å². The maximum absolute atomic E-state index is 5.91. The Bertz CT molecular complexity index is 487. The third-order valence-electron chi connectivity index (χ3n) is 2.98. The van der Waals surface area contributed by atoms with Gasteiger partial charge >= 0.3 is 0 Å². The monoisotopic (exact) mass is 226 g/mol. The molecule has 0 saturated heterocycles. The van der Waals surface area contributed by atoms with E-state index in [0.717, 1.165) is 17.7 Å². The highest BCUT2D eigenvalue weighted by atomic mass is 14.7. The van der Waals surface area contributed by atoms with Gasteiger partial charge in [0.2, 0.25) is 0 Å². The maximum Gasteiger partial charge on any atom is 0.0380 e. The van der Waals surface area contributed by atoms with E-state index in [4.69, 9.17) is 5.73 Å². The van der Waals surface area contributed by atoms with Gasteiger partial charge in [-0.2, -0.15) is 0 Å². The molecule has 0 saturated carbocycles. The Labute approximate surface area is 103 Å². The first-order chi connectivity index (χ1) is 8.16. The van der Waals surface area contributed by atoms with Crippen LogP contribution in [-0.4, -0.2) is 4.98 Å². The van der Waals surface area contributed by atoms with Gasteiger partial charge in [0.15, 0.2) is 0 Å². The van der Waals surface area contributed by atoms with Crippen LogP contribution in [0.25, 0.3) is 0 Å². The lowest BCUT2D eigenvalue weighted by Crippen LogP contribution is -1.97. The number of aromatic nitrogens is 1. The van der Waals surface area contributed by atoms with Crippen LogP contribution < -0.4 is 5.73 Å². The van der Waals surface area contributed by atoms with Crippen molar-refractivity contribution in [3.63, 3.8) is 0 Å². The third kappa shape index (κ3) is 2.84. The zero-order valence-corrected chi connectivity index (χ0v) is 10.4. The number of rotatable bonds is 3. The zero-order valence-electron chi connectivity index (χ0n) is 10.4. The average molecular weight is 226 g/mol. The number of pyridine rings is 1. The number of nitrogens with zero attached hydrogens (tertiary/aromatic N) is 1. The summed E-state index contributed by atoms with van der Waals surface area (Å²) in [5.41, 5.74) is 10.4. The standard InChI is InChI=1S/C15H18N2/c1-11(2)13-5-3-12(4-6-13)9-14-10-17-8-7-15(14)16/h3-8,10-11H,9H2,1-2H3,(H2,16,17). The van der Waals surface area contributed by atoms with Crippen molar-refractivity contribution in [2.75, 3.05) is 5.73 Å². The molecule has 2 aromatic rings. The molecular weight excluding hydrogens is 208 g/mol. The molecule has 0 radical (unpaired) electrons. The molecule has 2 N–H and O–H groups in total. The lowest BCUT2D eigenvalue weighted by atomic mass is 9.99. The van der Waals surface area contributed by atoms with Crippen LogP contribution in [-0.2, 0) is 6.42 Å². The predicted octanol–water partition coefficient (Wildman–Crippen LogP) is 3.38. The van der Waals surface area contributed by atoms with Gasteiger partial charge in [-0.1, -0.05) is 38.1 Å². The quantitative estimate of drug-likeness (QED) is 0.871. The molecule has 2 heteroatoms. The molecule has 2 rings (SSSR count). The first kappa shape index (κ1) is 11.6. The molecule has 0 aliphatic heterocycles. The molecule has 1 aromatic heterocycles. The molecule has 0 unspecified atom stereocenters. The van der Waals surface area contributed by atoms with Crippen LogP contribution in [0.2, 0.25) is 0 Å². The van der Waals surface area contributed by atoms with Gasteiger partial charge in [-0.15, -0.1) is 0 Å². The van der Waals surface area contributed by atoms with Gasteiger partial charge < -0.3 is 5.73 Å². The fraction of sp³-hybridized carbons (Fsp3) is 0.267. The van der Waals surface area contributed by atoms with E-state index in [2.05, 4.69) is 43.1 Å². The highest BCUT2D eigenvalue weighted by Crippen LogP contribution is 2.18. The van der Waals surface area contributed by atoms with E-state index in [9.17, 15) is 0 Å². The van der Waals surface area contributed by atoms with E-state index in [1.807, 2.05) is 12.3 Å². The minimum Gasteiger partial charge on any atom is -0.398 e. The van der Waals surface area contributed by atoms with Crippen molar-refractivity contribution in [2.24, 2.45) is 0 Å². The molecule has 0 amide bonds. The summed E-state index contributed by atoms with van der Waals surface area (Å²) in [7, 11) is 0. The Morgan fingerprint density at radius 2 is 1.82 bits per heavy atom. The van der Waals surface area contributed by atoms with E-state index in [-0.39, 0.29) is 0 Å². The summed E-state index contributed by atoms with van der Waals surface area (Å²) in [6.45, 7) is 4.40. The number of nitrogen functional groups attached to an aromatic ring is 1. The van der Waals surface area contributed by atoms with Crippen LogP contribution >= 0.6 is 0 Å². The van der Waals surface area contributed by atoms with Gasteiger partial charge in [0.25, 0.3) is 0 Å². The highest BCUT2D eigenvalue weighted by molar-refractivity contribution is 5.46. The Hall–Kier alpha value is -1.83. The van der Waals surface area contributed by atoms with Crippen molar-refractivity contribution < 1.29 is 0 Å². The summed E-state index contributed by atoms with van der Waals surface area (Å²) in [4.78, 5) is 4.11. The van der Waals surface area contributed by atoms with Gasteiger partial charge in [-0.25, -0.2) is 0 Å². The maximum atomic E-state index is 5.91. The van der Waals surface area contributed by atoms with Crippen molar-refractivity contribution in [1.82, 2.24) is 4.98 Å². The number of hydrogen-bond donors (Lipinski definition) is 1. The largest absolute Gasteiger partial charge is 0.398 e. The Kier molecular flexibility index (Phi) is 3.43. The van der Waals surface area contributed by atoms with Gasteiger partial charge in [0.05, 0.1) is 0 Å². The number of nitrogens with two attached hydrogens (primary N) is 1. The van der Waals surface area contributed by atoms with Crippen molar-refractivity contribution in [3.05, 3.63) is 59.4 Å². The molecule has 0 atom stereocenters. The fourth-order valence-corrected chi connectivity index (χ4v) is 1.83. The van der Waals surface area contributed by atoms with Crippen LogP contribution in [0.3, 0.4) is 0 Å². The summed E-state index contributed by atoms with van der Waals surface area (Å²) in [5, 5.41) is 0. The first-order valence-corrected chi connectivity index (χ1v) is 5.94. The molecule has 2 nitrogen and oxygen atoms in total. The Morgan fingerprint density at radius 3 is 2.41 bits per heavy atom. The molecule has 0 aliphatic carbocycles. The minimum atomic E-state index is 0.576. The molecule has 0 aliphatic rings. The van der Waals surface area contributed by atoms with Gasteiger partial charge in [-0.3, -0.25) is 4.98 Å². The van der Waals surface area contributed by atoms with Crippen molar-refractivity contribution >= 4 is 5.69 Å². The summed E-state index contributed by atoms with van der Waals surface area (Å²) in [5.74, 6) is 0.576. The second-order valence-electron chi connectivity index (χ2n) is 4.65.